The Hall–Kier alpha value is -1.06. The van der Waals surface area contributed by atoms with E-state index in [1.165, 1.54) is 11.1 Å². The molecule has 0 aliphatic heterocycles. The summed E-state index contributed by atoms with van der Waals surface area (Å²) in [5.41, 5.74) is 7.41. The topological polar surface area (TPSA) is 54.0 Å². The Morgan fingerprint density at radius 3 is 0.828 bits per heavy atom. The summed E-state index contributed by atoms with van der Waals surface area (Å²) in [7, 11) is 0. The first-order valence-electron chi connectivity index (χ1n) is 10.3. The van der Waals surface area contributed by atoms with E-state index in [2.05, 4.69) is 117 Å². The van der Waals surface area contributed by atoms with Crippen LogP contribution in [0.25, 0.3) is 0 Å². The predicted molar refractivity (Wildman–Crippen MR) is 119 cm³/mol. The molecule has 2 aromatic rings. The molecule has 2 rings (SSSR count). The molecule has 0 unspecified atom stereocenters. The van der Waals surface area contributed by atoms with Crippen molar-refractivity contribution in [1.82, 2.24) is 20.4 Å². The molecular formula is C24H42CuN4. The van der Waals surface area contributed by atoms with Crippen molar-refractivity contribution in [1.29, 1.82) is 0 Å². The largest absolute Gasteiger partial charge is 2.00 e. The maximum atomic E-state index is 4.30. The fourth-order valence-electron chi connectivity index (χ4n) is 3.57. The van der Waals surface area contributed by atoms with E-state index in [-0.39, 0.29) is 38.7 Å². The van der Waals surface area contributed by atoms with Crippen molar-refractivity contribution in [3.8, 4) is 0 Å². The van der Waals surface area contributed by atoms with Crippen molar-refractivity contribution in [2.24, 2.45) is 0 Å². The minimum absolute atomic E-state index is 0. The van der Waals surface area contributed by atoms with Gasteiger partial charge >= 0.3 is 17.1 Å². The van der Waals surface area contributed by atoms with Gasteiger partial charge in [-0.15, -0.1) is 11.4 Å². The number of rotatable bonds is 0. The molecule has 1 radical (unpaired) electrons. The van der Waals surface area contributed by atoms with Crippen LogP contribution in [0.4, 0.5) is 0 Å². The molecule has 169 valence electrons. The zero-order valence-corrected chi connectivity index (χ0v) is 22.0. The smallest absolute Gasteiger partial charge is 0.578 e. The van der Waals surface area contributed by atoms with Crippen molar-refractivity contribution in [3.63, 3.8) is 0 Å². The summed E-state index contributed by atoms with van der Waals surface area (Å²) in [6, 6.07) is 0. The van der Waals surface area contributed by atoms with Crippen LogP contribution in [0, 0.1) is 13.8 Å². The number of hydrogen-bond acceptors (Lipinski definition) is 2. The molecule has 0 aliphatic carbocycles. The molecule has 2 aromatic heterocycles. The van der Waals surface area contributed by atoms with Crippen LogP contribution in [0.1, 0.15) is 117 Å². The monoisotopic (exact) mass is 449 g/mol. The van der Waals surface area contributed by atoms with E-state index in [0.29, 0.717) is 0 Å². The Morgan fingerprint density at radius 1 is 0.483 bits per heavy atom. The molecule has 5 heteroatoms. The minimum Gasteiger partial charge on any atom is -0.578 e. The summed E-state index contributed by atoms with van der Waals surface area (Å²) in [6.45, 7) is 30.4. The first-order chi connectivity index (χ1) is 12.3. The van der Waals surface area contributed by atoms with E-state index in [1.807, 2.05) is 0 Å². The van der Waals surface area contributed by atoms with Gasteiger partial charge in [0.05, 0.1) is 0 Å². The van der Waals surface area contributed by atoms with E-state index < -0.39 is 0 Å². The van der Waals surface area contributed by atoms with Crippen LogP contribution in [0.15, 0.2) is 0 Å². The van der Waals surface area contributed by atoms with Gasteiger partial charge in [0, 0.05) is 22.2 Å². The van der Waals surface area contributed by atoms with Gasteiger partial charge in [0.15, 0.2) is 0 Å². The maximum Gasteiger partial charge on any atom is 2.00 e. The van der Waals surface area contributed by atoms with Crippen LogP contribution < -0.4 is 10.2 Å². The fraction of sp³-hybridized carbons (Fsp3) is 0.750. The van der Waals surface area contributed by atoms with Crippen molar-refractivity contribution >= 4 is 0 Å². The standard InChI is InChI=1S/2C12H21N2.Cu/c2*1-8-9(11(2,3)4)13-14-10(8)12(5,6)7;/h2*1-7H3;/q2*-1;+2. The van der Waals surface area contributed by atoms with E-state index in [4.69, 9.17) is 0 Å². The summed E-state index contributed by atoms with van der Waals surface area (Å²) < 4.78 is 0. The summed E-state index contributed by atoms with van der Waals surface area (Å²) in [5.74, 6) is 0. The van der Waals surface area contributed by atoms with Crippen LogP contribution in [0.2, 0.25) is 0 Å². The number of nitrogens with zero attached hydrogens (tertiary/aromatic N) is 4. The minimum atomic E-state index is 0. The normalized spacial score (nSPS) is 12.9. The van der Waals surface area contributed by atoms with E-state index in [1.54, 1.807) is 0 Å². The van der Waals surface area contributed by atoms with E-state index in [9.17, 15) is 0 Å². The van der Waals surface area contributed by atoms with Gasteiger partial charge in [0.25, 0.3) is 0 Å². The van der Waals surface area contributed by atoms with Crippen molar-refractivity contribution < 1.29 is 17.1 Å². The van der Waals surface area contributed by atoms with Crippen LogP contribution in [-0.4, -0.2) is 10.2 Å². The molecule has 0 atom stereocenters. The number of aromatic nitrogens is 4. The Balaban J connectivity index is 0.000000523. The third-order valence-corrected chi connectivity index (χ3v) is 4.76. The molecular weight excluding hydrogens is 408 g/mol. The molecule has 0 N–H and O–H groups in total. The molecule has 2 heterocycles. The van der Waals surface area contributed by atoms with Gasteiger partial charge in [0.1, 0.15) is 0 Å². The van der Waals surface area contributed by atoms with Gasteiger partial charge < -0.3 is 20.4 Å². The van der Waals surface area contributed by atoms with Gasteiger partial charge in [-0.25, -0.2) is 0 Å². The average Bonchev–Trinajstić information content (AvgIpc) is 2.99. The molecule has 0 amide bonds. The molecule has 0 bridgehead atoms. The van der Waals surface area contributed by atoms with Gasteiger partial charge in [-0.3, -0.25) is 0 Å². The SMILES string of the molecule is Cc1c(C(C)(C)C)n[n-]c1C(C)(C)C.Cc1c(C(C)(C)C)n[n-]c1C(C)(C)C.[Cu+2]. The van der Waals surface area contributed by atoms with Gasteiger partial charge in [-0.2, -0.15) is 0 Å². The summed E-state index contributed by atoms with van der Waals surface area (Å²) in [4.78, 5) is 0. The first-order valence-corrected chi connectivity index (χ1v) is 10.3. The molecule has 0 aromatic carbocycles. The fourth-order valence-corrected chi connectivity index (χ4v) is 3.57. The van der Waals surface area contributed by atoms with Gasteiger partial charge in [-0.1, -0.05) is 83.1 Å². The zero-order valence-electron chi connectivity index (χ0n) is 21.1. The van der Waals surface area contributed by atoms with Crippen LogP contribution in [0.5, 0.6) is 0 Å². The second kappa shape index (κ2) is 8.98. The molecule has 0 spiro atoms. The Bertz CT molecular complexity index is 654. The second-order valence-electron chi connectivity index (χ2n) is 12.0. The van der Waals surface area contributed by atoms with E-state index in [0.717, 1.165) is 22.8 Å². The third-order valence-electron chi connectivity index (χ3n) is 4.76. The second-order valence-corrected chi connectivity index (χ2v) is 12.0. The zero-order chi connectivity index (χ0) is 22.3. The van der Waals surface area contributed by atoms with Gasteiger partial charge in [0.2, 0.25) is 0 Å². The van der Waals surface area contributed by atoms with Crippen molar-refractivity contribution in [3.05, 3.63) is 33.9 Å². The quantitative estimate of drug-likeness (QED) is 0.471. The van der Waals surface area contributed by atoms with Crippen LogP contribution in [-0.2, 0) is 38.7 Å². The Labute approximate surface area is 189 Å². The van der Waals surface area contributed by atoms with Crippen molar-refractivity contribution in [2.75, 3.05) is 0 Å². The molecule has 0 aliphatic rings. The third kappa shape index (κ3) is 7.00. The number of hydrogen-bond donors (Lipinski definition) is 0. The predicted octanol–water partition coefficient (Wildman–Crippen LogP) is 5.88. The van der Waals surface area contributed by atoms with Crippen molar-refractivity contribution in [2.45, 2.75) is 119 Å². The Kier molecular flexibility index (Phi) is 8.65. The molecule has 0 fully saturated rings. The maximum absolute atomic E-state index is 4.30. The first kappa shape index (κ1) is 27.9. The average molecular weight is 450 g/mol. The van der Waals surface area contributed by atoms with Crippen LogP contribution in [0.3, 0.4) is 0 Å². The van der Waals surface area contributed by atoms with Crippen LogP contribution >= 0.6 is 0 Å². The molecule has 4 nitrogen and oxygen atoms in total. The summed E-state index contributed by atoms with van der Waals surface area (Å²) >= 11 is 0. The molecule has 29 heavy (non-hydrogen) atoms. The molecule has 0 saturated carbocycles. The molecule has 0 saturated heterocycles. The summed E-state index contributed by atoms with van der Waals surface area (Å²) in [6.07, 6.45) is 0. The van der Waals surface area contributed by atoms with E-state index >= 15 is 0 Å². The summed E-state index contributed by atoms with van der Waals surface area (Å²) in [5, 5.41) is 17.2. The van der Waals surface area contributed by atoms with Gasteiger partial charge in [-0.05, 0) is 35.8 Å². The Morgan fingerprint density at radius 2 is 0.724 bits per heavy atom.